The van der Waals surface area contributed by atoms with E-state index < -0.39 is 11.9 Å². The largest absolute Gasteiger partial charge is 0.508 e. The van der Waals surface area contributed by atoms with E-state index in [0.29, 0.717) is 25.1 Å². The third-order valence-corrected chi connectivity index (χ3v) is 11.2. The number of hydrogen-bond donors (Lipinski definition) is 2. The predicted octanol–water partition coefficient (Wildman–Crippen LogP) is 5.55. The maximum atomic E-state index is 13.2. The van der Waals surface area contributed by atoms with Crippen LogP contribution in [0.25, 0.3) is 0 Å². The SMILES string of the molecule is O=C1CCC(N2Cc3cc(CN4CCN(c5ccc([C@@H]6c7ccc(O)cc7OC[C@@H]6c6ccccc6)cc5)CC4)c(Br)cc3C2=O)C(=O)N1. The number of anilines is 1. The predicted molar refractivity (Wildman–Crippen MR) is 189 cm³/mol. The van der Waals surface area contributed by atoms with Crippen molar-refractivity contribution in [2.75, 3.05) is 37.7 Å². The molecule has 2 N–H and O–H groups in total. The number of carbonyl (C=O) groups is 3. The van der Waals surface area contributed by atoms with Gasteiger partial charge in [-0.2, -0.15) is 0 Å². The third-order valence-electron chi connectivity index (χ3n) is 10.5. The summed E-state index contributed by atoms with van der Waals surface area (Å²) in [6.07, 6.45) is 0.599. The van der Waals surface area contributed by atoms with E-state index in [1.165, 1.54) is 16.8 Å². The lowest BCUT2D eigenvalue weighted by atomic mass is 9.76. The molecule has 0 bridgehead atoms. The summed E-state index contributed by atoms with van der Waals surface area (Å²) in [5.74, 6) is 0.376. The van der Waals surface area contributed by atoms with Gasteiger partial charge in [0.05, 0.1) is 6.61 Å². The number of aromatic hydroxyl groups is 1. The van der Waals surface area contributed by atoms with Crippen molar-refractivity contribution in [1.82, 2.24) is 15.1 Å². The van der Waals surface area contributed by atoms with Crippen molar-refractivity contribution < 1.29 is 24.2 Å². The van der Waals surface area contributed by atoms with Crippen molar-refractivity contribution in [2.45, 2.75) is 43.8 Å². The van der Waals surface area contributed by atoms with Crippen molar-refractivity contribution in [2.24, 2.45) is 0 Å². The maximum absolute atomic E-state index is 13.2. The number of phenolic OH excluding ortho intramolecular Hbond substituents is 1. The van der Waals surface area contributed by atoms with Crippen LogP contribution in [0.4, 0.5) is 5.69 Å². The first-order valence-electron chi connectivity index (χ1n) is 16.9. The van der Waals surface area contributed by atoms with Crippen molar-refractivity contribution in [3.8, 4) is 11.5 Å². The molecule has 3 atom stereocenters. The average Bonchev–Trinajstić information content (AvgIpc) is 3.42. The lowest BCUT2D eigenvalue weighted by Crippen LogP contribution is -2.52. The lowest BCUT2D eigenvalue weighted by molar-refractivity contribution is -0.136. The standard InChI is InChI=1S/C39H37BrN4O5/c40-33-20-31-26(22-44(39(31)48)34-12-13-36(46)41-38(34)47)18-27(33)21-42-14-16-43(17-15-42)28-8-6-25(7-9-28)37-30-11-10-29(45)19-35(30)49-23-32(37)24-4-2-1-3-5-24/h1-11,18-20,32,34,37,45H,12-17,21-23H2,(H,41,46,47)/t32-,34?,37-/m1/s1. The lowest BCUT2D eigenvalue weighted by Gasteiger charge is -2.37. The van der Waals surface area contributed by atoms with Crippen molar-refractivity contribution >= 4 is 39.3 Å². The molecule has 49 heavy (non-hydrogen) atoms. The van der Waals surface area contributed by atoms with Crippen LogP contribution in [0.15, 0.2) is 89.4 Å². The van der Waals surface area contributed by atoms with Crippen LogP contribution in [0.1, 0.15) is 62.9 Å². The van der Waals surface area contributed by atoms with Gasteiger partial charge in [-0.15, -0.1) is 0 Å². The summed E-state index contributed by atoms with van der Waals surface area (Å²) in [5.41, 5.74) is 7.40. The molecule has 4 aliphatic heterocycles. The van der Waals surface area contributed by atoms with E-state index in [9.17, 15) is 19.5 Å². The molecule has 0 spiro atoms. The number of nitrogens with one attached hydrogen (secondary N) is 1. The number of imide groups is 1. The Morgan fingerprint density at radius 3 is 2.41 bits per heavy atom. The summed E-state index contributed by atoms with van der Waals surface area (Å²) < 4.78 is 7.04. The molecule has 3 amide bonds. The van der Waals surface area contributed by atoms with Crippen LogP contribution < -0.4 is 15.0 Å². The number of fused-ring (bicyclic) bond motifs is 2. The van der Waals surface area contributed by atoms with E-state index in [0.717, 1.165) is 59.6 Å². The van der Waals surface area contributed by atoms with E-state index in [4.69, 9.17) is 4.74 Å². The summed E-state index contributed by atoms with van der Waals surface area (Å²) >= 11 is 3.71. The van der Waals surface area contributed by atoms with Gasteiger partial charge >= 0.3 is 0 Å². The molecular weight excluding hydrogens is 684 g/mol. The monoisotopic (exact) mass is 720 g/mol. The first-order valence-corrected chi connectivity index (χ1v) is 17.7. The number of rotatable bonds is 6. The Hall–Kier alpha value is -4.67. The van der Waals surface area contributed by atoms with Crippen molar-refractivity contribution in [3.05, 3.63) is 123 Å². The average molecular weight is 722 g/mol. The minimum atomic E-state index is -0.616. The summed E-state index contributed by atoms with van der Waals surface area (Å²) in [6.45, 7) is 5.28. The quantitative estimate of drug-likeness (QED) is 0.252. The fraction of sp³-hybridized carbons (Fsp3) is 0.308. The van der Waals surface area contributed by atoms with E-state index >= 15 is 0 Å². The van der Waals surface area contributed by atoms with E-state index in [1.807, 2.05) is 18.2 Å². The highest BCUT2D eigenvalue weighted by atomic mass is 79.9. The Bertz CT molecular complexity index is 1930. The number of piperidine rings is 1. The van der Waals surface area contributed by atoms with Gasteiger partial charge in [-0.25, -0.2) is 0 Å². The first-order chi connectivity index (χ1) is 23.8. The summed E-state index contributed by atoms with van der Waals surface area (Å²) in [7, 11) is 0. The van der Waals surface area contributed by atoms with Crippen LogP contribution in [0, 0.1) is 0 Å². The Morgan fingerprint density at radius 2 is 1.65 bits per heavy atom. The second-order valence-electron chi connectivity index (χ2n) is 13.4. The Kier molecular flexibility index (Phi) is 8.37. The fourth-order valence-corrected chi connectivity index (χ4v) is 8.33. The zero-order valence-electron chi connectivity index (χ0n) is 27.0. The molecule has 0 aromatic heterocycles. The normalized spacial score (nSPS) is 22.4. The first kappa shape index (κ1) is 31.6. The number of piperazine rings is 1. The Labute approximate surface area is 293 Å². The highest BCUT2D eigenvalue weighted by Gasteiger charge is 2.39. The molecule has 0 aliphatic carbocycles. The molecule has 250 valence electrons. The van der Waals surface area contributed by atoms with Gasteiger partial charge in [0.1, 0.15) is 17.5 Å². The summed E-state index contributed by atoms with van der Waals surface area (Å²) in [5, 5.41) is 12.5. The molecule has 2 saturated heterocycles. The Morgan fingerprint density at radius 1 is 0.878 bits per heavy atom. The van der Waals surface area contributed by atoms with E-state index in [1.54, 1.807) is 17.0 Å². The molecule has 4 heterocycles. The number of benzene rings is 4. The molecule has 0 saturated carbocycles. The molecule has 4 aromatic carbocycles. The number of halogens is 1. The Balaban J connectivity index is 0.933. The van der Waals surface area contributed by atoms with Gasteiger partial charge in [0.25, 0.3) is 5.91 Å². The van der Waals surface area contributed by atoms with Crippen LogP contribution >= 0.6 is 15.9 Å². The summed E-state index contributed by atoms with van der Waals surface area (Å²) in [4.78, 5) is 43.8. The minimum absolute atomic E-state index is 0.106. The van der Waals surface area contributed by atoms with Crippen LogP contribution in [-0.4, -0.2) is 71.5 Å². The van der Waals surface area contributed by atoms with Crippen LogP contribution in [0.3, 0.4) is 0 Å². The smallest absolute Gasteiger partial charge is 0.255 e. The molecule has 1 unspecified atom stereocenters. The molecule has 8 rings (SSSR count). The van der Waals surface area contributed by atoms with Gasteiger partial charge in [0.2, 0.25) is 11.8 Å². The number of nitrogens with zero attached hydrogens (tertiary/aromatic N) is 3. The third kappa shape index (κ3) is 6.08. The maximum Gasteiger partial charge on any atom is 0.255 e. The van der Waals surface area contributed by atoms with Gasteiger partial charge in [-0.1, -0.05) is 70.5 Å². The zero-order valence-corrected chi connectivity index (χ0v) is 28.6. The summed E-state index contributed by atoms with van der Waals surface area (Å²) in [6, 6.07) is 28.3. The van der Waals surface area contributed by atoms with Crippen LogP contribution in [0.5, 0.6) is 11.5 Å². The van der Waals surface area contributed by atoms with Gasteiger partial charge in [-0.05, 0) is 52.9 Å². The van der Waals surface area contributed by atoms with Gasteiger partial charge in [-0.3, -0.25) is 24.6 Å². The van der Waals surface area contributed by atoms with Gasteiger partial charge < -0.3 is 19.6 Å². The van der Waals surface area contributed by atoms with Crippen LogP contribution in [-0.2, 0) is 22.7 Å². The topological polar surface area (TPSA) is 102 Å². The molecule has 0 radical (unpaired) electrons. The highest BCUT2D eigenvalue weighted by molar-refractivity contribution is 9.10. The second kappa shape index (κ2) is 13.0. The van der Waals surface area contributed by atoms with E-state index in [2.05, 4.69) is 85.6 Å². The number of hydrogen-bond acceptors (Lipinski definition) is 7. The fourth-order valence-electron chi connectivity index (χ4n) is 7.86. The number of amides is 3. The van der Waals surface area contributed by atoms with E-state index in [-0.39, 0.29) is 35.8 Å². The highest BCUT2D eigenvalue weighted by Crippen LogP contribution is 2.47. The van der Waals surface area contributed by atoms with Crippen molar-refractivity contribution in [3.63, 3.8) is 0 Å². The van der Waals surface area contributed by atoms with Crippen molar-refractivity contribution in [1.29, 1.82) is 0 Å². The second-order valence-corrected chi connectivity index (χ2v) is 14.2. The molecule has 9 nitrogen and oxygen atoms in total. The van der Waals surface area contributed by atoms with Gasteiger partial charge in [0.15, 0.2) is 0 Å². The molecule has 4 aromatic rings. The number of carbonyl (C=O) groups excluding carboxylic acids is 3. The van der Waals surface area contributed by atoms with Crippen LogP contribution in [0.2, 0.25) is 0 Å². The number of phenols is 1. The molecule has 2 fully saturated rings. The van der Waals surface area contributed by atoms with Gasteiger partial charge in [0, 0.05) is 84.9 Å². The molecular formula is C39H37BrN4O5. The molecule has 4 aliphatic rings. The zero-order chi connectivity index (χ0) is 33.6. The minimum Gasteiger partial charge on any atom is -0.508 e. The molecule has 10 heteroatoms. The number of ether oxygens (including phenoxy) is 1.